The van der Waals surface area contributed by atoms with Crippen LogP contribution in [0.5, 0.6) is 5.75 Å². The molecule has 0 saturated heterocycles. The van der Waals surface area contributed by atoms with E-state index in [-0.39, 0.29) is 23.8 Å². The Morgan fingerprint density at radius 3 is 2.34 bits per heavy atom. The molecular formula is C27H35BrN4O2S. The van der Waals surface area contributed by atoms with Crippen molar-refractivity contribution in [1.82, 2.24) is 14.8 Å². The molecule has 1 atom stereocenters. The van der Waals surface area contributed by atoms with Gasteiger partial charge in [0.25, 0.3) is 0 Å². The van der Waals surface area contributed by atoms with Crippen molar-refractivity contribution in [2.45, 2.75) is 77.6 Å². The van der Waals surface area contributed by atoms with Gasteiger partial charge in [0, 0.05) is 16.2 Å². The fourth-order valence-electron chi connectivity index (χ4n) is 3.90. The standard InChI is InChI=1S/C27H35BrN4O2S/c1-16(2)21-10-8-9-11-24(21)34-19(7)26-30-31-27(32(26)18(5)6)35-15-25(33)29-23-13-12-20(28)14-22(23)17(3)4/h8-14,16-19H,15H2,1-7H3,(H,29,33). The Hall–Kier alpha value is -2.32. The van der Waals surface area contributed by atoms with Crippen LogP contribution in [-0.4, -0.2) is 26.4 Å². The molecule has 0 saturated carbocycles. The van der Waals surface area contributed by atoms with Crippen molar-refractivity contribution in [2.75, 3.05) is 11.1 Å². The van der Waals surface area contributed by atoms with Crippen LogP contribution in [0.25, 0.3) is 0 Å². The lowest BCUT2D eigenvalue weighted by atomic mass is 10.0. The second kappa shape index (κ2) is 12.1. The highest BCUT2D eigenvalue weighted by Crippen LogP contribution is 2.32. The van der Waals surface area contributed by atoms with Gasteiger partial charge in [-0.05, 0) is 68.0 Å². The molecule has 0 aliphatic rings. The summed E-state index contributed by atoms with van der Waals surface area (Å²) in [5, 5.41) is 12.6. The highest BCUT2D eigenvalue weighted by Gasteiger charge is 2.23. The summed E-state index contributed by atoms with van der Waals surface area (Å²) < 4.78 is 9.39. The lowest BCUT2D eigenvalue weighted by Gasteiger charge is -2.21. The van der Waals surface area contributed by atoms with Crippen LogP contribution in [-0.2, 0) is 4.79 Å². The third-order valence-electron chi connectivity index (χ3n) is 5.66. The molecule has 2 aromatic carbocycles. The Balaban J connectivity index is 1.73. The summed E-state index contributed by atoms with van der Waals surface area (Å²) in [5.41, 5.74) is 3.10. The van der Waals surface area contributed by atoms with E-state index in [1.165, 1.54) is 11.8 Å². The average Bonchev–Trinajstić information content (AvgIpc) is 3.23. The van der Waals surface area contributed by atoms with Crippen molar-refractivity contribution in [3.05, 3.63) is 63.9 Å². The molecule has 0 spiro atoms. The fraction of sp³-hybridized carbons (Fsp3) is 0.444. The van der Waals surface area contributed by atoms with Gasteiger partial charge in [-0.2, -0.15) is 0 Å². The highest BCUT2D eigenvalue weighted by atomic mass is 79.9. The number of aromatic nitrogens is 3. The number of nitrogens with one attached hydrogen (secondary N) is 1. The van der Waals surface area contributed by atoms with Crippen molar-refractivity contribution in [1.29, 1.82) is 0 Å². The number of rotatable bonds is 10. The minimum atomic E-state index is -0.288. The molecular weight excluding hydrogens is 524 g/mol. The van der Waals surface area contributed by atoms with Gasteiger partial charge in [0.2, 0.25) is 5.91 Å². The first kappa shape index (κ1) is 27.3. The number of hydrogen-bond acceptors (Lipinski definition) is 5. The Kier molecular flexibility index (Phi) is 9.41. The van der Waals surface area contributed by atoms with E-state index in [4.69, 9.17) is 4.74 Å². The number of anilines is 1. The number of amides is 1. The molecule has 188 valence electrons. The fourth-order valence-corrected chi connectivity index (χ4v) is 5.15. The normalized spacial score (nSPS) is 12.4. The molecule has 0 aliphatic heterocycles. The van der Waals surface area contributed by atoms with E-state index in [0.717, 1.165) is 32.9 Å². The largest absolute Gasteiger partial charge is 0.482 e. The molecule has 0 aliphatic carbocycles. The van der Waals surface area contributed by atoms with Crippen molar-refractivity contribution in [2.24, 2.45) is 0 Å². The maximum Gasteiger partial charge on any atom is 0.234 e. The van der Waals surface area contributed by atoms with Crippen molar-refractivity contribution in [3.8, 4) is 5.75 Å². The summed E-state index contributed by atoms with van der Waals surface area (Å²) >= 11 is 4.90. The lowest BCUT2D eigenvalue weighted by molar-refractivity contribution is -0.113. The molecule has 6 nitrogen and oxygen atoms in total. The summed E-state index contributed by atoms with van der Waals surface area (Å²) in [6.07, 6.45) is -0.288. The number of hydrogen-bond donors (Lipinski definition) is 1. The SMILES string of the molecule is CC(C)c1cc(Br)ccc1NC(=O)CSc1nnc(C(C)Oc2ccccc2C(C)C)n1C(C)C. The van der Waals surface area contributed by atoms with E-state index < -0.39 is 0 Å². The molecule has 0 fully saturated rings. The van der Waals surface area contributed by atoms with Gasteiger partial charge in [0.15, 0.2) is 17.1 Å². The quantitative estimate of drug-likeness (QED) is 0.257. The molecule has 35 heavy (non-hydrogen) atoms. The Labute approximate surface area is 221 Å². The van der Waals surface area contributed by atoms with Crippen molar-refractivity contribution >= 4 is 39.3 Å². The zero-order valence-electron chi connectivity index (χ0n) is 21.5. The second-order valence-electron chi connectivity index (χ2n) is 9.48. The van der Waals surface area contributed by atoms with Crippen LogP contribution in [0.4, 0.5) is 5.69 Å². The molecule has 8 heteroatoms. The summed E-state index contributed by atoms with van der Waals surface area (Å²) in [5.74, 6) is 2.42. The molecule has 1 heterocycles. The monoisotopic (exact) mass is 558 g/mol. The van der Waals surface area contributed by atoms with Crippen LogP contribution in [0.15, 0.2) is 52.1 Å². The predicted octanol–water partition coefficient (Wildman–Crippen LogP) is 7.74. The molecule has 3 rings (SSSR count). The van der Waals surface area contributed by atoms with Gasteiger partial charge in [-0.25, -0.2) is 0 Å². The average molecular weight is 560 g/mol. The van der Waals surface area contributed by atoms with Crippen LogP contribution >= 0.6 is 27.7 Å². The Morgan fingerprint density at radius 1 is 1.00 bits per heavy atom. The number of ether oxygens (including phenoxy) is 1. The van der Waals surface area contributed by atoms with E-state index in [1.54, 1.807) is 0 Å². The minimum absolute atomic E-state index is 0.0748. The molecule has 0 bridgehead atoms. The maximum absolute atomic E-state index is 12.8. The molecule has 1 N–H and O–H groups in total. The number of carbonyl (C=O) groups excluding carboxylic acids is 1. The molecule has 1 amide bonds. The Morgan fingerprint density at radius 2 is 1.69 bits per heavy atom. The topological polar surface area (TPSA) is 69.0 Å². The van der Waals surface area contributed by atoms with E-state index in [1.807, 2.05) is 43.3 Å². The van der Waals surface area contributed by atoms with E-state index in [0.29, 0.717) is 17.0 Å². The number of carbonyl (C=O) groups is 1. The van der Waals surface area contributed by atoms with Crippen molar-refractivity contribution in [3.63, 3.8) is 0 Å². The predicted molar refractivity (Wildman–Crippen MR) is 148 cm³/mol. The number of nitrogens with zero attached hydrogens (tertiary/aromatic N) is 3. The summed E-state index contributed by atoms with van der Waals surface area (Å²) in [7, 11) is 0. The van der Waals surface area contributed by atoms with Crippen LogP contribution in [0.2, 0.25) is 0 Å². The number of benzene rings is 2. The van der Waals surface area contributed by atoms with Crippen molar-refractivity contribution < 1.29 is 9.53 Å². The van der Waals surface area contributed by atoms with E-state index >= 15 is 0 Å². The van der Waals surface area contributed by atoms with E-state index in [9.17, 15) is 4.79 Å². The molecule has 1 unspecified atom stereocenters. The van der Waals surface area contributed by atoms with Gasteiger partial charge in [0.1, 0.15) is 5.75 Å². The van der Waals surface area contributed by atoms with Crippen LogP contribution in [0.1, 0.15) is 89.4 Å². The summed E-state index contributed by atoms with van der Waals surface area (Å²) in [6.45, 7) is 14.7. The van der Waals surface area contributed by atoms with Crippen LogP contribution in [0.3, 0.4) is 0 Å². The van der Waals surface area contributed by atoms with Gasteiger partial charge < -0.3 is 14.6 Å². The summed E-state index contributed by atoms with van der Waals surface area (Å²) in [4.78, 5) is 12.8. The van der Waals surface area contributed by atoms with Gasteiger partial charge >= 0.3 is 0 Å². The smallest absolute Gasteiger partial charge is 0.234 e. The van der Waals surface area contributed by atoms with Gasteiger partial charge in [-0.3, -0.25) is 4.79 Å². The zero-order valence-corrected chi connectivity index (χ0v) is 23.9. The summed E-state index contributed by atoms with van der Waals surface area (Å²) in [6, 6.07) is 14.1. The molecule has 3 aromatic rings. The highest BCUT2D eigenvalue weighted by molar-refractivity contribution is 9.10. The van der Waals surface area contributed by atoms with Crippen LogP contribution in [0, 0.1) is 0 Å². The Bertz CT molecular complexity index is 1160. The molecule has 1 aromatic heterocycles. The first-order valence-electron chi connectivity index (χ1n) is 12.0. The molecule has 0 radical (unpaired) electrons. The zero-order chi connectivity index (χ0) is 25.7. The minimum Gasteiger partial charge on any atom is -0.482 e. The lowest BCUT2D eigenvalue weighted by Crippen LogP contribution is -2.17. The third-order valence-corrected chi connectivity index (χ3v) is 7.09. The van der Waals surface area contributed by atoms with Gasteiger partial charge in [-0.1, -0.05) is 73.6 Å². The maximum atomic E-state index is 12.8. The number of para-hydroxylation sites is 1. The first-order valence-corrected chi connectivity index (χ1v) is 13.8. The van der Waals surface area contributed by atoms with Gasteiger partial charge in [-0.15, -0.1) is 10.2 Å². The van der Waals surface area contributed by atoms with E-state index in [2.05, 4.69) is 83.6 Å². The number of halogens is 1. The third kappa shape index (κ3) is 6.88. The van der Waals surface area contributed by atoms with Crippen LogP contribution < -0.4 is 10.1 Å². The first-order chi connectivity index (χ1) is 16.6. The number of thioether (sulfide) groups is 1. The second-order valence-corrected chi connectivity index (χ2v) is 11.3. The van der Waals surface area contributed by atoms with Gasteiger partial charge in [0.05, 0.1) is 5.75 Å².